The van der Waals surface area contributed by atoms with E-state index in [0.717, 1.165) is 64.6 Å². The summed E-state index contributed by atoms with van der Waals surface area (Å²) in [4.78, 5) is 62.2. The molecule has 0 unspecified atom stereocenters. The first-order valence-electron chi connectivity index (χ1n) is 22.8. The molecule has 0 spiro atoms. The van der Waals surface area contributed by atoms with Crippen LogP contribution < -0.4 is 119 Å². The van der Waals surface area contributed by atoms with Crippen molar-refractivity contribution in [2.45, 2.75) is 71.8 Å². The van der Waals surface area contributed by atoms with E-state index in [-0.39, 0.29) is 172 Å². The zero-order valence-electron chi connectivity index (χ0n) is 43.9. The minimum Gasteiger partial charge on any atom is -1.00 e. The van der Waals surface area contributed by atoms with E-state index in [0.29, 0.717) is 40.8 Å². The molecule has 26 heteroatoms. The van der Waals surface area contributed by atoms with Gasteiger partial charge in [0, 0.05) is 76.5 Å². The molecule has 2 fully saturated rings. The van der Waals surface area contributed by atoms with Crippen LogP contribution in [0.5, 0.6) is 0 Å². The molecule has 0 aliphatic heterocycles. The van der Waals surface area contributed by atoms with Gasteiger partial charge in [-0.05, 0) is 73.6 Å². The number of carbonyl (C=O) groups is 3. The van der Waals surface area contributed by atoms with Gasteiger partial charge in [-0.15, -0.1) is 11.6 Å². The number of rotatable bonds is 14. The van der Waals surface area contributed by atoms with E-state index in [4.69, 9.17) is 47.2 Å². The molecule has 2 aromatic carbocycles. The Labute approximate surface area is 538 Å². The third-order valence-electron chi connectivity index (χ3n) is 12.6. The zero-order valence-corrected chi connectivity index (χ0v) is 49.9. The molecule has 6 aromatic heterocycles. The Balaban J connectivity index is 0.000000429. The molecule has 398 valence electrons. The molecule has 2 atom stereocenters. The summed E-state index contributed by atoms with van der Waals surface area (Å²) in [5, 5.41) is 28.1. The number of nitrogen functional groups attached to an aromatic ring is 2. The smallest absolute Gasteiger partial charge is 1.00 e. The number of alkyl halides is 1. The summed E-state index contributed by atoms with van der Waals surface area (Å²) in [6, 6.07) is 16.7. The Morgan fingerprint density at radius 3 is 1.47 bits per heavy atom. The van der Waals surface area contributed by atoms with Gasteiger partial charge in [0.1, 0.15) is 12.4 Å². The van der Waals surface area contributed by atoms with Gasteiger partial charge in [0.05, 0.1) is 34.4 Å². The number of aromatic nitrogens is 12. The van der Waals surface area contributed by atoms with E-state index in [1.54, 1.807) is 82.4 Å². The zero-order chi connectivity index (χ0) is 52.3. The number of hydrogen-bond acceptors (Lipinski definition) is 19. The molecule has 5 N–H and O–H groups in total. The first-order chi connectivity index (χ1) is 35.1. The van der Waals surface area contributed by atoms with Gasteiger partial charge in [-0.3, -0.25) is 24.2 Å². The number of nitrogens with zero attached hydrogens (tertiary/aromatic N) is 13. The van der Waals surface area contributed by atoms with Crippen molar-refractivity contribution in [2.75, 3.05) is 45.5 Å². The van der Waals surface area contributed by atoms with E-state index in [2.05, 4.69) is 118 Å². The van der Waals surface area contributed by atoms with Gasteiger partial charge in [0.2, 0.25) is 23.7 Å². The van der Waals surface area contributed by atoms with Crippen molar-refractivity contribution in [3.8, 4) is 45.2 Å². The topological polar surface area (TPSA) is 318 Å². The minimum atomic E-state index is -0.380. The standard InChI is InChI=1S/C24H26N8O2.C20H19N7O.C4H8ClNO.CH2O3.2CH4.2K.H/c1-24(19-8-9-19,18-6-4-15(5-7-18)16-10-26-23(25)27-11-16)22-29-21(34-30-22)17-12-28-32(13-17)14-20(33)31(2)3;1-20(16-6-7-16,18-26-17(28-27-18)14-10-24-25-11-14)15-4-2-12(3-5-15)13-8-22-19(21)23-9-13;1-6(2)4(7)3-5;2-1-4-3;;;;;/h4-7,10-13,19H,8-9,14H2,1-3H3,(H2,25,26,27);2-5,8-11,16H,6-7H2,1H3,(H,24,25)(H2,21,22,23);3H2,1-2H3;1,3H;2*1H4;;;/q;;;;;;2*+1;-1/p-1/t24-;20-;;;;;;;/m00......./s1. The summed E-state index contributed by atoms with van der Waals surface area (Å²) in [6.07, 6.45) is 18.2. The Morgan fingerprint density at radius 1 is 0.714 bits per heavy atom. The average Bonchev–Trinajstić information content (AvgIpc) is 4.16. The molecular weight excluding hydrogens is 1060 g/mol. The van der Waals surface area contributed by atoms with Gasteiger partial charge < -0.3 is 41.9 Å². The van der Waals surface area contributed by atoms with E-state index < -0.39 is 0 Å². The molecule has 2 aliphatic rings. The van der Waals surface area contributed by atoms with Crippen molar-refractivity contribution in [3.63, 3.8) is 0 Å². The first-order valence-corrected chi connectivity index (χ1v) is 23.4. The van der Waals surface area contributed by atoms with Gasteiger partial charge in [0.15, 0.2) is 11.6 Å². The Bertz CT molecular complexity index is 3070. The third kappa shape index (κ3) is 16.7. The predicted octanol–water partition coefficient (Wildman–Crippen LogP) is 0.132. The Morgan fingerprint density at radius 2 is 1.13 bits per heavy atom. The fraction of sp³-hybridized carbons (Fsp3) is 0.353. The van der Waals surface area contributed by atoms with E-state index in [9.17, 15) is 9.59 Å². The van der Waals surface area contributed by atoms with Crippen molar-refractivity contribution in [2.24, 2.45) is 11.8 Å². The van der Waals surface area contributed by atoms with E-state index in [1.165, 1.54) is 9.80 Å². The van der Waals surface area contributed by atoms with Crippen molar-refractivity contribution in [1.82, 2.24) is 70.0 Å². The number of hydrogen-bond donors (Lipinski definition) is 3. The normalized spacial score (nSPS) is 13.6. The second-order valence-corrected chi connectivity index (χ2v) is 18.2. The van der Waals surface area contributed by atoms with Gasteiger partial charge >= 0.3 is 103 Å². The Kier molecular flexibility index (Phi) is 26.0. The predicted molar refractivity (Wildman–Crippen MR) is 279 cm³/mol. The largest absolute Gasteiger partial charge is 1.00 e. The van der Waals surface area contributed by atoms with Crippen molar-refractivity contribution in [1.29, 1.82) is 0 Å². The van der Waals surface area contributed by atoms with Crippen LogP contribution in [0.2, 0.25) is 0 Å². The molecule has 77 heavy (non-hydrogen) atoms. The summed E-state index contributed by atoms with van der Waals surface area (Å²) in [5.74, 6) is 3.65. The second-order valence-electron chi connectivity index (χ2n) is 17.9. The van der Waals surface area contributed by atoms with E-state index >= 15 is 0 Å². The number of aromatic amines is 1. The number of halogens is 1. The molecule has 10 rings (SSSR count). The fourth-order valence-corrected chi connectivity index (χ4v) is 8.08. The molecule has 2 amide bonds. The van der Waals surface area contributed by atoms with Crippen LogP contribution in [-0.4, -0.2) is 122 Å². The monoisotopic (exact) mass is 1120 g/mol. The summed E-state index contributed by atoms with van der Waals surface area (Å²) in [6.45, 7) is 4.33. The Hall–Kier alpha value is -5.17. The summed E-state index contributed by atoms with van der Waals surface area (Å²) >= 11 is 5.16. The summed E-state index contributed by atoms with van der Waals surface area (Å²) < 4.78 is 12.7. The van der Waals surface area contributed by atoms with Crippen LogP contribution in [-0.2, 0) is 36.6 Å². The number of amides is 2. The van der Waals surface area contributed by atoms with E-state index in [1.807, 2.05) is 0 Å². The first kappa shape index (κ1) is 66.1. The minimum absolute atomic E-state index is 0. The van der Waals surface area contributed by atoms with Crippen LogP contribution >= 0.6 is 11.6 Å². The number of likely N-dealkylation sites (N-methyl/N-ethyl adjacent to an activating group) is 1. The molecule has 0 bridgehead atoms. The second kappa shape index (κ2) is 30.3. The number of nitrogens with two attached hydrogens (primary N) is 2. The number of benzene rings is 2. The summed E-state index contributed by atoms with van der Waals surface area (Å²) in [5.41, 5.74) is 18.1. The van der Waals surface area contributed by atoms with Crippen LogP contribution in [0.3, 0.4) is 0 Å². The van der Waals surface area contributed by atoms with Crippen molar-refractivity contribution >= 4 is 41.8 Å². The maximum atomic E-state index is 12.0. The maximum absolute atomic E-state index is 12.0. The molecule has 8 aromatic rings. The van der Waals surface area contributed by atoms with Crippen LogP contribution in [0.4, 0.5) is 11.9 Å². The summed E-state index contributed by atoms with van der Waals surface area (Å²) in [7, 11) is 6.77. The van der Waals surface area contributed by atoms with Crippen molar-refractivity contribution in [3.05, 3.63) is 121 Å². The van der Waals surface area contributed by atoms with Gasteiger partial charge in [0.25, 0.3) is 18.3 Å². The number of anilines is 2. The third-order valence-corrected chi connectivity index (χ3v) is 12.9. The molecule has 2 aliphatic carbocycles. The molecule has 6 heterocycles. The fourth-order valence-electron chi connectivity index (χ4n) is 7.84. The van der Waals surface area contributed by atoms with Crippen LogP contribution in [0.15, 0.2) is 107 Å². The molecule has 0 radical (unpaired) electrons. The number of nitrogens with one attached hydrogen (secondary N) is 1. The van der Waals surface area contributed by atoms with Gasteiger partial charge in [-0.25, -0.2) is 19.9 Å². The molecule has 0 saturated heterocycles. The molecular formula is C51H63ClK2N16O7. The van der Waals surface area contributed by atoms with Crippen LogP contribution in [0, 0.1) is 11.8 Å². The SMILES string of the molecule is C.C.CN(C)C(=O)CCl.CN(C)C(=O)Cn1cc(-c2nc([C@@](C)(c3ccc(-c4cnc(N)nc4)cc3)C3CC3)no2)cn1.C[C@@](c1ccc(-c2cnc(N)nc2)cc1)(c1noc(-c2cn[nH]c2)n1)C1CC1.O=CO[O-].[H-].[K+].[K+]. The number of H-pyrrole nitrogens is 1. The average molecular weight is 1130 g/mol. The molecule has 23 nitrogen and oxygen atoms in total. The van der Waals surface area contributed by atoms with Gasteiger partial charge in [-0.2, -0.15) is 20.2 Å². The van der Waals surface area contributed by atoms with Gasteiger partial charge in [-0.1, -0.05) is 73.7 Å². The van der Waals surface area contributed by atoms with Crippen molar-refractivity contribution < 1.29 is 138 Å². The quantitative estimate of drug-likeness (QED) is 0.0428. The van der Waals surface area contributed by atoms with Crippen LogP contribution in [0.25, 0.3) is 45.2 Å². The number of carbonyl (C=O) groups excluding carboxylic acids is 3. The maximum Gasteiger partial charge on any atom is 1.00 e. The molecule has 2 saturated carbocycles. The van der Waals surface area contributed by atoms with Crippen LogP contribution in [0.1, 0.15) is 78.6 Å².